The average molecular weight is 339 g/mol. The zero-order valence-corrected chi connectivity index (χ0v) is 14.9. The van der Waals surface area contributed by atoms with E-state index < -0.39 is 0 Å². The monoisotopic (exact) mass is 338 g/mol. The van der Waals surface area contributed by atoms with Crippen molar-refractivity contribution in [1.82, 2.24) is 5.32 Å². The van der Waals surface area contributed by atoms with Gasteiger partial charge in [0.15, 0.2) is 0 Å². The number of anilines is 1. The predicted octanol–water partition coefficient (Wildman–Crippen LogP) is 4.57. The second-order valence-electron chi connectivity index (χ2n) is 7.08. The Balaban J connectivity index is 2.20. The number of rotatable bonds is 5. The van der Waals surface area contributed by atoms with Crippen LogP contribution in [-0.2, 0) is 6.54 Å². The van der Waals surface area contributed by atoms with E-state index >= 15 is 0 Å². The summed E-state index contributed by atoms with van der Waals surface area (Å²) in [6.45, 7) is 10.2. The fourth-order valence-corrected chi connectivity index (χ4v) is 2.70. The molecule has 1 aliphatic carbocycles. The molecule has 0 heterocycles. The quantitative estimate of drug-likeness (QED) is 0.845. The third-order valence-electron chi connectivity index (χ3n) is 4.42. The van der Waals surface area contributed by atoms with Crippen molar-refractivity contribution >= 4 is 21.6 Å². The van der Waals surface area contributed by atoms with Crippen LogP contribution in [0.15, 0.2) is 22.7 Å². The van der Waals surface area contributed by atoms with E-state index in [0.717, 1.165) is 17.1 Å². The highest BCUT2D eigenvalue weighted by molar-refractivity contribution is 9.10. The molecule has 1 aromatic carbocycles. The molecule has 0 aliphatic heterocycles. The van der Waals surface area contributed by atoms with Crippen LogP contribution in [0.25, 0.3) is 0 Å². The Kier molecular flexibility index (Phi) is 4.80. The first-order valence-electron chi connectivity index (χ1n) is 7.53. The molecule has 1 aromatic rings. The Hall–Kier alpha value is -0.540. The predicted molar refractivity (Wildman–Crippen MR) is 91.3 cm³/mol. The molecule has 20 heavy (non-hydrogen) atoms. The molecule has 0 aromatic heterocycles. The summed E-state index contributed by atoms with van der Waals surface area (Å²) in [5, 5.41) is 3.62. The molecule has 1 atom stereocenters. The van der Waals surface area contributed by atoms with Gasteiger partial charge < -0.3 is 10.2 Å². The third kappa shape index (κ3) is 3.98. The molecule has 2 rings (SSSR count). The highest BCUT2D eigenvalue weighted by Crippen LogP contribution is 2.32. The van der Waals surface area contributed by atoms with Crippen LogP contribution >= 0.6 is 15.9 Å². The minimum atomic E-state index is 0.262. The lowest BCUT2D eigenvalue weighted by Crippen LogP contribution is -2.40. The number of hydrogen-bond acceptors (Lipinski definition) is 2. The van der Waals surface area contributed by atoms with E-state index in [1.807, 2.05) is 0 Å². The van der Waals surface area contributed by atoms with Crippen LogP contribution in [0.4, 0.5) is 5.69 Å². The van der Waals surface area contributed by atoms with Crippen molar-refractivity contribution in [3.8, 4) is 0 Å². The van der Waals surface area contributed by atoms with Crippen molar-refractivity contribution in [2.24, 2.45) is 5.41 Å². The van der Waals surface area contributed by atoms with Crippen molar-refractivity contribution in [2.45, 2.75) is 59.2 Å². The molecule has 1 N–H and O–H groups in total. The van der Waals surface area contributed by atoms with Gasteiger partial charge in [0.25, 0.3) is 0 Å². The van der Waals surface area contributed by atoms with Crippen molar-refractivity contribution in [3.63, 3.8) is 0 Å². The molecule has 0 amide bonds. The van der Waals surface area contributed by atoms with Crippen molar-refractivity contribution in [1.29, 1.82) is 0 Å². The molecular weight excluding hydrogens is 312 g/mol. The molecule has 0 saturated heterocycles. The summed E-state index contributed by atoms with van der Waals surface area (Å²) in [5.41, 5.74) is 2.98. The van der Waals surface area contributed by atoms with Crippen LogP contribution in [0.5, 0.6) is 0 Å². The van der Waals surface area contributed by atoms with E-state index in [9.17, 15) is 0 Å². The average Bonchev–Trinajstić information content (AvgIpc) is 3.18. The van der Waals surface area contributed by atoms with E-state index in [4.69, 9.17) is 0 Å². The van der Waals surface area contributed by atoms with Crippen LogP contribution < -0.4 is 10.2 Å². The Morgan fingerprint density at radius 1 is 1.35 bits per heavy atom. The molecule has 1 fully saturated rings. The van der Waals surface area contributed by atoms with Crippen LogP contribution in [0.2, 0.25) is 0 Å². The summed E-state index contributed by atoms with van der Waals surface area (Å²) in [5.74, 6) is 0. The highest BCUT2D eigenvalue weighted by atomic mass is 79.9. The van der Waals surface area contributed by atoms with E-state index in [1.54, 1.807) is 0 Å². The zero-order chi connectivity index (χ0) is 14.9. The van der Waals surface area contributed by atoms with E-state index in [2.05, 4.69) is 79.1 Å². The summed E-state index contributed by atoms with van der Waals surface area (Å²) in [6.07, 6.45) is 2.67. The molecule has 1 aliphatic rings. The van der Waals surface area contributed by atoms with Gasteiger partial charge in [-0.05, 0) is 42.9 Å². The van der Waals surface area contributed by atoms with E-state index in [0.29, 0.717) is 6.04 Å². The molecule has 2 nitrogen and oxygen atoms in total. The Morgan fingerprint density at radius 2 is 2.00 bits per heavy atom. The standard InChI is InChI=1S/C17H27BrN2/c1-12(17(2,3)4)20(5)16-10-14(18)7-6-13(16)11-19-15-8-9-15/h6-7,10,12,15,19H,8-9,11H2,1-5H3. The topological polar surface area (TPSA) is 15.3 Å². The lowest BCUT2D eigenvalue weighted by atomic mass is 9.86. The number of nitrogens with one attached hydrogen (secondary N) is 1. The third-order valence-corrected chi connectivity index (χ3v) is 4.91. The van der Waals surface area contributed by atoms with Gasteiger partial charge in [-0.25, -0.2) is 0 Å². The SMILES string of the molecule is CC(N(C)c1cc(Br)ccc1CNC1CC1)C(C)(C)C. The van der Waals surface area contributed by atoms with Gasteiger partial charge in [0.05, 0.1) is 0 Å². The number of hydrogen-bond donors (Lipinski definition) is 1. The molecular formula is C17H27BrN2. The fourth-order valence-electron chi connectivity index (χ4n) is 2.35. The van der Waals surface area contributed by atoms with Crippen LogP contribution in [-0.4, -0.2) is 19.1 Å². The van der Waals surface area contributed by atoms with Crippen molar-refractivity contribution in [2.75, 3.05) is 11.9 Å². The first-order valence-corrected chi connectivity index (χ1v) is 8.33. The molecule has 112 valence electrons. The maximum atomic E-state index is 3.62. The van der Waals surface area contributed by atoms with Crippen LogP contribution in [0, 0.1) is 5.41 Å². The maximum absolute atomic E-state index is 3.62. The number of halogens is 1. The largest absolute Gasteiger partial charge is 0.371 e. The summed E-state index contributed by atoms with van der Waals surface area (Å²) in [6, 6.07) is 7.85. The summed E-state index contributed by atoms with van der Waals surface area (Å²) in [4.78, 5) is 2.41. The zero-order valence-electron chi connectivity index (χ0n) is 13.3. The fraction of sp³-hybridized carbons (Fsp3) is 0.647. The second kappa shape index (κ2) is 6.07. The first kappa shape index (κ1) is 15.8. The van der Waals surface area contributed by atoms with Gasteiger partial charge in [-0.2, -0.15) is 0 Å². The molecule has 3 heteroatoms. The lowest BCUT2D eigenvalue weighted by molar-refractivity contribution is 0.329. The molecule has 1 unspecified atom stereocenters. The minimum absolute atomic E-state index is 0.262. The van der Waals surface area contributed by atoms with Gasteiger partial charge in [-0.3, -0.25) is 0 Å². The van der Waals surface area contributed by atoms with Crippen molar-refractivity contribution < 1.29 is 0 Å². The molecule has 1 saturated carbocycles. The lowest BCUT2D eigenvalue weighted by Gasteiger charge is -2.38. The van der Waals surface area contributed by atoms with Crippen molar-refractivity contribution in [3.05, 3.63) is 28.2 Å². The maximum Gasteiger partial charge on any atom is 0.0423 e. The Bertz CT molecular complexity index is 461. The van der Waals surface area contributed by atoms with Crippen LogP contribution in [0.3, 0.4) is 0 Å². The van der Waals surface area contributed by atoms with Crippen LogP contribution in [0.1, 0.15) is 46.1 Å². The normalized spacial score (nSPS) is 17.1. The highest BCUT2D eigenvalue weighted by Gasteiger charge is 2.26. The molecule has 0 radical (unpaired) electrons. The molecule has 0 spiro atoms. The Morgan fingerprint density at radius 3 is 2.55 bits per heavy atom. The number of nitrogens with zero attached hydrogens (tertiary/aromatic N) is 1. The van der Waals surface area contributed by atoms with Gasteiger partial charge in [0, 0.05) is 35.8 Å². The number of benzene rings is 1. The minimum Gasteiger partial charge on any atom is -0.371 e. The first-order chi connectivity index (χ1) is 9.29. The summed E-state index contributed by atoms with van der Waals surface area (Å²) in [7, 11) is 2.21. The van der Waals surface area contributed by atoms with E-state index in [-0.39, 0.29) is 5.41 Å². The van der Waals surface area contributed by atoms with E-state index in [1.165, 1.54) is 24.1 Å². The summed E-state index contributed by atoms with van der Waals surface area (Å²) >= 11 is 3.61. The summed E-state index contributed by atoms with van der Waals surface area (Å²) < 4.78 is 1.15. The van der Waals surface area contributed by atoms with Gasteiger partial charge >= 0.3 is 0 Å². The molecule has 0 bridgehead atoms. The van der Waals surface area contributed by atoms with Gasteiger partial charge in [-0.1, -0.05) is 42.8 Å². The smallest absolute Gasteiger partial charge is 0.0423 e. The van der Waals surface area contributed by atoms with Gasteiger partial charge in [-0.15, -0.1) is 0 Å². The second-order valence-corrected chi connectivity index (χ2v) is 8.00. The van der Waals surface area contributed by atoms with Gasteiger partial charge in [0.1, 0.15) is 0 Å². The Labute approximate surface area is 132 Å². The van der Waals surface area contributed by atoms with Gasteiger partial charge in [0.2, 0.25) is 0 Å².